The summed E-state index contributed by atoms with van der Waals surface area (Å²) in [6.45, 7) is -3.15. The van der Waals surface area contributed by atoms with Crippen LogP contribution in [0.3, 0.4) is 0 Å². The molecule has 0 atom stereocenters. The number of aromatic carboxylic acids is 1. The molecule has 0 aliphatic carbocycles. The molecule has 0 saturated carbocycles. The Morgan fingerprint density at radius 3 is 2.45 bits per heavy atom. The van der Waals surface area contributed by atoms with Gasteiger partial charge in [-0.2, -0.15) is 0 Å². The van der Waals surface area contributed by atoms with Crippen LogP contribution in [0.4, 0.5) is 23.2 Å². The molecule has 0 radical (unpaired) electrons. The fourth-order valence-electron chi connectivity index (χ4n) is 2.58. The molecule has 0 unspecified atom stereocenters. The van der Waals surface area contributed by atoms with Crippen molar-refractivity contribution in [1.82, 2.24) is 0 Å². The number of thiophene rings is 1. The smallest absolute Gasteiger partial charge is 0.346 e. The quantitative estimate of drug-likeness (QED) is 0.418. The Morgan fingerprint density at radius 1 is 1.14 bits per heavy atom. The average Bonchev–Trinajstić information content (AvgIpc) is 3.25. The summed E-state index contributed by atoms with van der Waals surface area (Å²) in [5.41, 5.74) is -4.30. The molecule has 0 fully saturated rings. The van der Waals surface area contributed by atoms with Crippen LogP contribution in [0.5, 0.6) is 0 Å². The SMILES string of the molecule is [2H]C([2H])([2H])C([2H])([2H])c1cccc(-c2c(F)c(F)c(NC(=O)c3ccsc3C(=O)O)c(F)c2F)c1. The zero-order valence-corrected chi connectivity index (χ0v) is 15.0. The van der Waals surface area contributed by atoms with Gasteiger partial charge in [-0.3, -0.25) is 4.79 Å². The molecular weight excluding hydrogens is 410 g/mol. The van der Waals surface area contributed by atoms with E-state index in [0.717, 1.165) is 30.3 Å². The molecule has 3 rings (SSSR count). The molecule has 1 amide bonds. The maximum atomic E-state index is 14.8. The van der Waals surface area contributed by atoms with E-state index in [-0.39, 0.29) is 0 Å². The highest BCUT2D eigenvalue weighted by Crippen LogP contribution is 2.35. The molecule has 0 saturated heterocycles. The van der Waals surface area contributed by atoms with E-state index in [9.17, 15) is 27.2 Å². The van der Waals surface area contributed by atoms with Crippen molar-refractivity contribution in [2.24, 2.45) is 0 Å². The van der Waals surface area contributed by atoms with Gasteiger partial charge in [-0.1, -0.05) is 31.1 Å². The molecule has 29 heavy (non-hydrogen) atoms. The number of carboxylic acid groups (broad SMARTS) is 1. The van der Waals surface area contributed by atoms with Gasteiger partial charge in [-0.25, -0.2) is 22.4 Å². The summed E-state index contributed by atoms with van der Waals surface area (Å²) in [4.78, 5) is 23.0. The van der Waals surface area contributed by atoms with Gasteiger partial charge in [0.15, 0.2) is 23.3 Å². The van der Waals surface area contributed by atoms with E-state index in [2.05, 4.69) is 0 Å². The summed E-state index contributed by atoms with van der Waals surface area (Å²) in [7, 11) is 0. The van der Waals surface area contributed by atoms with Crippen LogP contribution in [0.1, 0.15) is 39.3 Å². The molecule has 1 aromatic heterocycles. The lowest BCUT2D eigenvalue weighted by atomic mass is 10.00. The first kappa shape index (κ1) is 14.7. The van der Waals surface area contributed by atoms with E-state index in [0.29, 0.717) is 11.3 Å². The van der Waals surface area contributed by atoms with Crippen LogP contribution in [0.15, 0.2) is 35.7 Å². The number of benzene rings is 2. The average molecular weight is 428 g/mol. The van der Waals surface area contributed by atoms with Crippen molar-refractivity contribution >= 4 is 28.9 Å². The number of halogens is 4. The Labute approximate surface area is 173 Å². The zero-order chi connectivity index (χ0) is 25.6. The molecule has 0 spiro atoms. The number of hydrogen-bond acceptors (Lipinski definition) is 3. The second-order valence-electron chi connectivity index (χ2n) is 5.63. The summed E-state index contributed by atoms with van der Waals surface area (Å²) in [6.07, 6.45) is -2.94. The predicted molar refractivity (Wildman–Crippen MR) is 100 cm³/mol. The van der Waals surface area contributed by atoms with Gasteiger partial charge in [-0.05, 0) is 28.9 Å². The van der Waals surface area contributed by atoms with Gasteiger partial charge in [0.2, 0.25) is 0 Å². The predicted octanol–water partition coefficient (Wildman–Crippen LogP) is 5.48. The van der Waals surface area contributed by atoms with Crippen molar-refractivity contribution < 1.29 is 39.1 Å². The third-order valence-electron chi connectivity index (χ3n) is 3.90. The van der Waals surface area contributed by atoms with Crippen LogP contribution < -0.4 is 5.32 Å². The third kappa shape index (κ3) is 3.73. The minimum Gasteiger partial charge on any atom is -0.477 e. The standard InChI is InChI=1S/C20H13F4NO3S/c1-2-9-4-3-5-10(8-9)12-13(21)15(23)17(16(24)14(12)22)25-19(26)11-6-7-29-18(11)20(27)28/h3-8H,2H2,1H3,(H,25,26)(H,27,28)/i1D3,2D2. The summed E-state index contributed by atoms with van der Waals surface area (Å²) in [5.74, 6) is -10.7. The number of nitrogens with one attached hydrogen (secondary N) is 1. The second kappa shape index (κ2) is 8.04. The van der Waals surface area contributed by atoms with Crippen molar-refractivity contribution in [2.75, 3.05) is 5.32 Å². The Balaban J connectivity index is 2.09. The Bertz CT molecular complexity index is 1280. The van der Waals surface area contributed by atoms with E-state index in [1.54, 1.807) is 5.32 Å². The lowest BCUT2D eigenvalue weighted by Crippen LogP contribution is -2.18. The lowest BCUT2D eigenvalue weighted by Gasteiger charge is -2.13. The maximum absolute atomic E-state index is 14.8. The molecular formula is C20H13F4NO3S. The van der Waals surface area contributed by atoms with E-state index < -0.39 is 81.2 Å². The molecule has 4 nitrogen and oxygen atoms in total. The Morgan fingerprint density at radius 2 is 1.83 bits per heavy atom. The number of amides is 1. The van der Waals surface area contributed by atoms with Crippen molar-refractivity contribution in [3.8, 4) is 11.1 Å². The molecule has 0 bridgehead atoms. The first-order chi connectivity index (χ1) is 15.7. The van der Waals surface area contributed by atoms with Gasteiger partial charge in [0.25, 0.3) is 5.91 Å². The molecule has 3 aromatic rings. The van der Waals surface area contributed by atoms with Crippen molar-refractivity contribution in [2.45, 2.75) is 13.2 Å². The van der Waals surface area contributed by atoms with Crippen molar-refractivity contribution in [3.05, 3.63) is 75.0 Å². The topological polar surface area (TPSA) is 66.4 Å². The number of anilines is 1. The number of rotatable bonds is 5. The number of carboxylic acids is 1. The first-order valence-corrected chi connectivity index (χ1v) is 8.65. The number of hydrogen-bond donors (Lipinski definition) is 2. The highest BCUT2D eigenvalue weighted by Gasteiger charge is 2.28. The van der Waals surface area contributed by atoms with Crippen LogP contribution in [-0.4, -0.2) is 17.0 Å². The number of carbonyl (C=O) groups is 2. The first-order valence-electron chi connectivity index (χ1n) is 10.3. The van der Waals surface area contributed by atoms with Crippen LogP contribution >= 0.6 is 11.3 Å². The molecule has 0 aliphatic heterocycles. The normalized spacial score (nSPS) is 14.3. The van der Waals surface area contributed by atoms with Crippen LogP contribution in [0, 0.1) is 23.3 Å². The minimum atomic E-state index is -3.15. The van der Waals surface area contributed by atoms with E-state index >= 15 is 0 Å². The van der Waals surface area contributed by atoms with Crippen LogP contribution in [-0.2, 0) is 6.37 Å². The molecule has 150 valence electrons. The maximum Gasteiger partial charge on any atom is 0.346 e. The number of carbonyl (C=O) groups excluding carboxylic acids is 1. The van der Waals surface area contributed by atoms with Gasteiger partial charge in [0, 0.05) is 6.85 Å². The largest absolute Gasteiger partial charge is 0.477 e. The fraction of sp³-hybridized carbons (Fsp3) is 0.100. The molecule has 9 heteroatoms. The van der Waals surface area contributed by atoms with Crippen LogP contribution in [0.2, 0.25) is 0 Å². The second-order valence-corrected chi connectivity index (χ2v) is 6.55. The molecule has 2 aromatic carbocycles. The van der Waals surface area contributed by atoms with Gasteiger partial charge in [0.1, 0.15) is 10.6 Å². The lowest BCUT2D eigenvalue weighted by molar-refractivity contribution is 0.0698. The van der Waals surface area contributed by atoms with Crippen molar-refractivity contribution in [3.63, 3.8) is 0 Å². The van der Waals surface area contributed by atoms with Crippen LogP contribution in [0.25, 0.3) is 11.1 Å². The third-order valence-corrected chi connectivity index (χ3v) is 4.80. The number of aryl methyl sites for hydroxylation is 1. The minimum absolute atomic E-state index is 0.462. The van der Waals surface area contributed by atoms with E-state index in [4.69, 9.17) is 12.0 Å². The monoisotopic (exact) mass is 428 g/mol. The summed E-state index contributed by atoms with van der Waals surface area (Å²) < 4.78 is 96.5. The van der Waals surface area contributed by atoms with Gasteiger partial charge in [0.05, 0.1) is 11.1 Å². The van der Waals surface area contributed by atoms with Crippen molar-refractivity contribution in [1.29, 1.82) is 0 Å². The Hall–Kier alpha value is -3.20. The Kier molecular flexibility index (Phi) is 4.09. The molecule has 1 heterocycles. The molecule has 2 N–H and O–H groups in total. The van der Waals surface area contributed by atoms with E-state index in [1.165, 1.54) is 5.38 Å². The summed E-state index contributed by atoms with van der Waals surface area (Å²) in [6, 6.07) is 4.87. The van der Waals surface area contributed by atoms with Gasteiger partial charge in [-0.15, -0.1) is 11.3 Å². The summed E-state index contributed by atoms with van der Waals surface area (Å²) in [5, 5.41) is 11.9. The summed E-state index contributed by atoms with van der Waals surface area (Å²) >= 11 is 0.649. The zero-order valence-electron chi connectivity index (χ0n) is 19.1. The van der Waals surface area contributed by atoms with Gasteiger partial charge >= 0.3 is 5.97 Å². The molecule has 0 aliphatic rings. The fourth-order valence-corrected chi connectivity index (χ4v) is 3.31. The van der Waals surface area contributed by atoms with Gasteiger partial charge < -0.3 is 10.4 Å². The highest BCUT2D eigenvalue weighted by atomic mass is 32.1. The highest BCUT2D eigenvalue weighted by molar-refractivity contribution is 7.12. The van der Waals surface area contributed by atoms with E-state index in [1.807, 2.05) is 0 Å².